The number of hydrogen-bond acceptors (Lipinski definition) is 3. The van der Waals surface area contributed by atoms with E-state index in [4.69, 9.17) is 5.26 Å². The summed E-state index contributed by atoms with van der Waals surface area (Å²) in [6.45, 7) is 2.84. The summed E-state index contributed by atoms with van der Waals surface area (Å²) in [5.74, 6) is -0.409. The average Bonchev–Trinajstić information content (AvgIpc) is 2.41. The van der Waals surface area contributed by atoms with E-state index < -0.39 is 5.82 Å². The summed E-state index contributed by atoms with van der Waals surface area (Å²) in [7, 11) is 0. The normalized spacial score (nSPS) is 22.6. The number of nitrogens with zero attached hydrogens (tertiary/aromatic N) is 1. The quantitative estimate of drug-likeness (QED) is 0.856. The lowest BCUT2D eigenvalue weighted by Gasteiger charge is -2.29. The molecule has 1 amide bonds. The van der Waals surface area contributed by atoms with Crippen LogP contribution in [0.5, 0.6) is 0 Å². The molecule has 1 heterocycles. The molecule has 2 atom stereocenters. The van der Waals surface area contributed by atoms with Crippen molar-refractivity contribution in [1.82, 2.24) is 5.32 Å². The van der Waals surface area contributed by atoms with Crippen molar-refractivity contribution in [3.8, 4) is 6.07 Å². The number of piperidine rings is 1. The van der Waals surface area contributed by atoms with Crippen molar-refractivity contribution in [2.75, 3.05) is 11.9 Å². The number of rotatable bonds is 2. The van der Waals surface area contributed by atoms with Crippen LogP contribution in [0, 0.1) is 23.1 Å². The van der Waals surface area contributed by atoms with Crippen molar-refractivity contribution in [3.05, 3.63) is 29.6 Å². The molecule has 1 aromatic carbocycles. The molecule has 2 N–H and O–H groups in total. The lowest BCUT2D eigenvalue weighted by molar-refractivity contribution is -0.119. The molecule has 0 radical (unpaired) electrons. The Morgan fingerprint density at radius 3 is 3.05 bits per heavy atom. The first kappa shape index (κ1) is 13.5. The maximum atomic E-state index is 13.0. The van der Waals surface area contributed by atoms with Gasteiger partial charge in [0, 0.05) is 0 Å². The first-order valence-electron chi connectivity index (χ1n) is 6.35. The summed E-state index contributed by atoms with van der Waals surface area (Å²) >= 11 is 0. The highest BCUT2D eigenvalue weighted by Crippen LogP contribution is 2.20. The first-order valence-corrected chi connectivity index (χ1v) is 6.35. The Hall–Kier alpha value is -1.93. The lowest BCUT2D eigenvalue weighted by Crippen LogP contribution is -2.48. The maximum absolute atomic E-state index is 13.0. The highest BCUT2D eigenvalue weighted by molar-refractivity contribution is 5.96. The highest BCUT2D eigenvalue weighted by Gasteiger charge is 2.27. The van der Waals surface area contributed by atoms with Gasteiger partial charge in [0.2, 0.25) is 5.91 Å². The van der Waals surface area contributed by atoms with Crippen molar-refractivity contribution >= 4 is 11.6 Å². The third kappa shape index (κ3) is 3.09. The Morgan fingerprint density at radius 2 is 2.37 bits per heavy atom. The zero-order chi connectivity index (χ0) is 13.8. The summed E-state index contributed by atoms with van der Waals surface area (Å²) in [4.78, 5) is 12.2. The van der Waals surface area contributed by atoms with E-state index in [2.05, 4.69) is 10.6 Å². The minimum absolute atomic E-state index is 0.136. The molecule has 1 aliphatic heterocycles. The number of amides is 1. The van der Waals surface area contributed by atoms with Crippen LogP contribution in [0.2, 0.25) is 0 Å². The third-order valence-corrected chi connectivity index (χ3v) is 3.41. The number of nitrogens with one attached hydrogen (secondary N) is 2. The molecule has 1 aliphatic rings. The molecule has 2 unspecified atom stereocenters. The van der Waals surface area contributed by atoms with Crippen LogP contribution in [0.4, 0.5) is 10.1 Å². The van der Waals surface area contributed by atoms with Gasteiger partial charge in [-0.25, -0.2) is 4.39 Å². The average molecular weight is 261 g/mol. The fourth-order valence-electron chi connectivity index (χ4n) is 2.33. The fraction of sp³-hybridized carbons (Fsp3) is 0.429. The van der Waals surface area contributed by atoms with Crippen LogP contribution in [-0.4, -0.2) is 18.5 Å². The SMILES string of the molecule is CC1CCCNC1C(=O)Nc1ccc(F)cc1C#N. The molecule has 4 nitrogen and oxygen atoms in total. The Labute approximate surface area is 111 Å². The summed E-state index contributed by atoms with van der Waals surface area (Å²) in [5.41, 5.74) is 0.491. The van der Waals surface area contributed by atoms with Crippen LogP contribution >= 0.6 is 0 Å². The van der Waals surface area contributed by atoms with Gasteiger partial charge in [-0.15, -0.1) is 0 Å². The number of nitriles is 1. The van der Waals surface area contributed by atoms with Gasteiger partial charge in [0.15, 0.2) is 0 Å². The van der Waals surface area contributed by atoms with E-state index in [1.165, 1.54) is 12.1 Å². The van der Waals surface area contributed by atoms with E-state index in [9.17, 15) is 9.18 Å². The van der Waals surface area contributed by atoms with Gasteiger partial charge in [-0.05, 0) is 43.5 Å². The van der Waals surface area contributed by atoms with E-state index >= 15 is 0 Å². The summed E-state index contributed by atoms with van der Waals surface area (Å²) in [6.07, 6.45) is 2.06. The number of benzene rings is 1. The van der Waals surface area contributed by atoms with Gasteiger partial charge in [-0.1, -0.05) is 6.92 Å². The van der Waals surface area contributed by atoms with Crippen LogP contribution in [0.25, 0.3) is 0 Å². The minimum Gasteiger partial charge on any atom is -0.324 e. The molecule has 1 fully saturated rings. The summed E-state index contributed by atoms with van der Waals surface area (Å²) < 4.78 is 13.0. The molecule has 0 bridgehead atoms. The van der Waals surface area contributed by atoms with E-state index in [0.717, 1.165) is 25.5 Å². The van der Waals surface area contributed by atoms with Crippen molar-refractivity contribution in [1.29, 1.82) is 5.26 Å². The predicted octanol–water partition coefficient (Wildman–Crippen LogP) is 2.02. The number of carbonyl (C=O) groups is 1. The second-order valence-electron chi connectivity index (χ2n) is 4.84. The monoisotopic (exact) mass is 261 g/mol. The number of hydrogen-bond donors (Lipinski definition) is 2. The summed E-state index contributed by atoms with van der Waals surface area (Å²) in [5, 5.41) is 14.8. The maximum Gasteiger partial charge on any atom is 0.241 e. The second-order valence-corrected chi connectivity index (χ2v) is 4.84. The van der Waals surface area contributed by atoms with Crippen molar-refractivity contribution < 1.29 is 9.18 Å². The predicted molar refractivity (Wildman–Crippen MR) is 69.9 cm³/mol. The molecule has 19 heavy (non-hydrogen) atoms. The van der Waals surface area contributed by atoms with Crippen LogP contribution in [0.1, 0.15) is 25.3 Å². The summed E-state index contributed by atoms with van der Waals surface area (Å²) in [6, 6.07) is 5.39. The van der Waals surface area contributed by atoms with Crippen molar-refractivity contribution in [2.45, 2.75) is 25.8 Å². The molecule has 5 heteroatoms. The molecular formula is C14H16FN3O. The van der Waals surface area contributed by atoms with Crippen LogP contribution in [0.3, 0.4) is 0 Å². The highest BCUT2D eigenvalue weighted by atomic mass is 19.1. The first-order chi connectivity index (χ1) is 9.11. The largest absolute Gasteiger partial charge is 0.324 e. The number of carbonyl (C=O) groups excluding carboxylic acids is 1. The van der Waals surface area contributed by atoms with Crippen molar-refractivity contribution in [3.63, 3.8) is 0 Å². The molecule has 0 spiro atoms. The molecule has 100 valence electrons. The van der Waals surface area contributed by atoms with Crippen molar-refractivity contribution in [2.24, 2.45) is 5.92 Å². The topological polar surface area (TPSA) is 64.9 Å². The van der Waals surface area contributed by atoms with E-state index in [1.54, 1.807) is 0 Å². The van der Waals surface area contributed by atoms with Crippen LogP contribution in [0.15, 0.2) is 18.2 Å². The molecule has 0 aromatic heterocycles. The van der Waals surface area contributed by atoms with Gasteiger partial charge in [0.1, 0.15) is 11.9 Å². The van der Waals surface area contributed by atoms with Gasteiger partial charge in [-0.2, -0.15) is 5.26 Å². The number of halogens is 1. The molecule has 2 rings (SSSR count). The van der Waals surface area contributed by atoms with E-state index in [-0.39, 0.29) is 23.4 Å². The third-order valence-electron chi connectivity index (χ3n) is 3.41. The van der Waals surface area contributed by atoms with E-state index in [1.807, 2.05) is 13.0 Å². The van der Waals surface area contributed by atoms with Gasteiger partial charge in [0.25, 0.3) is 0 Å². The Morgan fingerprint density at radius 1 is 1.58 bits per heavy atom. The molecule has 1 aromatic rings. The zero-order valence-corrected chi connectivity index (χ0v) is 10.7. The molecule has 0 aliphatic carbocycles. The van der Waals surface area contributed by atoms with E-state index in [0.29, 0.717) is 5.69 Å². The second kappa shape index (κ2) is 5.81. The Kier molecular flexibility index (Phi) is 4.13. The lowest BCUT2D eigenvalue weighted by atomic mass is 9.92. The van der Waals surface area contributed by atoms with Gasteiger partial charge < -0.3 is 10.6 Å². The van der Waals surface area contributed by atoms with Crippen LogP contribution < -0.4 is 10.6 Å². The Balaban J connectivity index is 2.12. The smallest absolute Gasteiger partial charge is 0.241 e. The molecule has 0 saturated carbocycles. The molecular weight excluding hydrogens is 245 g/mol. The molecule has 1 saturated heterocycles. The van der Waals surface area contributed by atoms with Gasteiger partial charge in [-0.3, -0.25) is 4.79 Å². The van der Waals surface area contributed by atoms with Crippen LogP contribution in [-0.2, 0) is 4.79 Å². The fourth-order valence-corrected chi connectivity index (χ4v) is 2.33. The standard InChI is InChI=1S/C14H16FN3O/c1-9-3-2-6-17-13(9)14(19)18-12-5-4-11(15)7-10(12)8-16/h4-5,7,9,13,17H,2-3,6H2,1H3,(H,18,19). The minimum atomic E-state index is -0.487. The zero-order valence-electron chi connectivity index (χ0n) is 10.7. The Bertz CT molecular complexity index is 524. The number of anilines is 1. The van der Waals surface area contributed by atoms with Gasteiger partial charge in [0.05, 0.1) is 17.3 Å². The van der Waals surface area contributed by atoms with Gasteiger partial charge >= 0.3 is 0 Å².